The molecule has 0 aliphatic carbocycles. The Bertz CT molecular complexity index is 595. The Kier molecular flexibility index (Phi) is 5.30. The molecule has 3 heterocycles. The second kappa shape index (κ2) is 7.45. The normalized spacial score (nSPS) is 21.3. The molecule has 1 atom stereocenters. The highest BCUT2D eigenvalue weighted by atomic mass is 16.6. The number of ether oxygens (including phenoxy) is 1. The van der Waals surface area contributed by atoms with Crippen molar-refractivity contribution in [3.05, 3.63) is 12.4 Å². The summed E-state index contributed by atoms with van der Waals surface area (Å²) in [5.41, 5.74) is -0.474. The molecule has 3 rings (SSSR count). The first-order valence-electron chi connectivity index (χ1n) is 9.22. The zero-order chi connectivity index (χ0) is 17.9. The number of aromatic nitrogens is 2. The van der Waals surface area contributed by atoms with Crippen LogP contribution in [-0.4, -0.2) is 53.9 Å². The maximum absolute atomic E-state index is 11.9. The van der Waals surface area contributed by atoms with Crippen molar-refractivity contribution in [2.75, 3.05) is 36.0 Å². The Morgan fingerprint density at radius 1 is 1.12 bits per heavy atom. The molecular weight excluding hydrogens is 318 g/mol. The molecule has 1 aromatic rings. The van der Waals surface area contributed by atoms with E-state index >= 15 is 0 Å². The van der Waals surface area contributed by atoms with E-state index in [1.807, 2.05) is 20.8 Å². The van der Waals surface area contributed by atoms with E-state index in [-0.39, 0.29) is 12.1 Å². The monoisotopic (exact) mass is 347 g/mol. The molecule has 0 bridgehead atoms. The Labute approximate surface area is 149 Å². The van der Waals surface area contributed by atoms with Gasteiger partial charge in [0.25, 0.3) is 0 Å². The van der Waals surface area contributed by atoms with Gasteiger partial charge >= 0.3 is 6.09 Å². The minimum absolute atomic E-state index is 0.0863. The summed E-state index contributed by atoms with van der Waals surface area (Å²) in [6.07, 6.45) is 5.95. The van der Waals surface area contributed by atoms with Crippen molar-refractivity contribution in [1.82, 2.24) is 15.3 Å². The van der Waals surface area contributed by atoms with Crippen molar-refractivity contribution < 1.29 is 9.53 Å². The second-order valence-electron chi connectivity index (χ2n) is 7.86. The second-order valence-corrected chi connectivity index (χ2v) is 7.86. The van der Waals surface area contributed by atoms with E-state index in [2.05, 4.69) is 31.2 Å². The van der Waals surface area contributed by atoms with Crippen molar-refractivity contribution in [1.29, 1.82) is 0 Å². The van der Waals surface area contributed by atoms with Gasteiger partial charge in [-0.15, -0.1) is 0 Å². The van der Waals surface area contributed by atoms with Crippen LogP contribution in [0.3, 0.4) is 0 Å². The quantitative estimate of drug-likeness (QED) is 0.906. The van der Waals surface area contributed by atoms with E-state index in [0.29, 0.717) is 0 Å². The molecule has 2 saturated heterocycles. The number of carbonyl (C=O) groups is 1. The zero-order valence-electron chi connectivity index (χ0n) is 15.5. The molecule has 1 N–H and O–H groups in total. The van der Waals surface area contributed by atoms with E-state index in [9.17, 15) is 4.79 Å². The predicted molar refractivity (Wildman–Crippen MR) is 98.1 cm³/mol. The third kappa shape index (κ3) is 4.96. The smallest absolute Gasteiger partial charge is 0.407 e. The van der Waals surface area contributed by atoms with Gasteiger partial charge in [-0.3, -0.25) is 0 Å². The highest BCUT2D eigenvalue weighted by molar-refractivity contribution is 5.68. The summed E-state index contributed by atoms with van der Waals surface area (Å²) < 4.78 is 5.34. The van der Waals surface area contributed by atoms with Gasteiger partial charge in [0.1, 0.15) is 23.6 Å². The molecule has 25 heavy (non-hydrogen) atoms. The number of amides is 1. The number of anilines is 2. The summed E-state index contributed by atoms with van der Waals surface area (Å²) in [6, 6.07) is 2.16. The summed E-state index contributed by atoms with van der Waals surface area (Å²) in [5.74, 6) is 1.94. The Hall–Kier alpha value is -2.05. The van der Waals surface area contributed by atoms with E-state index < -0.39 is 5.60 Å². The molecule has 0 radical (unpaired) electrons. The Morgan fingerprint density at radius 2 is 1.80 bits per heavy atom. The van der Waals surface area contributed by atoms with Crippen molar-refractivity contribution in [3.63, 3.8) is 0 Å². The van der Waals surface area contributed by atoms with Crippen molar-refractivity contribution in [3.8, 4) is 0 Å². The van der Waals surface area contributed by atoms with Crippen LogP contribution in [0.5, 0.6) is 0 Å². The van der Waals surface area contributed by atoms with Crippen molar-refractivity contribution in [2.45, 2.75) is 58.1 Å². The van der Waals surface area contributed by atoms with Gasteiger partial charge in [-0.05, 0) is 46.5 Å². The van der Waals surface area contributed by atoms with Gasteiger partial charge in [0, 0.05) is 32.2 Å². The lowest BCUT2D eigenvalue weighted by atomic mass is 10.1. The molecule has 1 aromatic heterocycles. The molecule has 7 heteroatoms. The summed E-state index contributed by atoms with van der Waals surface area (Å²) in [7, 11) is 0. The number of nitrogens with zero attached hydrogens (tertiary/aromatic N) is 4. The number of rotatable bonds is 3. The number of nitrogens with one attached hydrogen (secondary N) is 1. The van der Waals surface area contributed by atoms with Crippen LogP contribution in [0.4, 0.5) is 16.4 Å². The third-order valence-corrected chi connectivity index (χ3v) is 4.55. The predicted octanol–water partition coefficient (Wildman–Crippen LogP) is 2.57. The topological polar surface area (TPSA) is 70.6 Å². The average molecular weight is 347 g/mol. The van der Waals surface area contributed by atoms with Gasteiger partial charge in [-0.25, -0.2) is 14.8 Å². The van der Waals surface area contributed by atoms with Crippen LogP contribution >= 0.6 is 0 Å². The molecule has 7 nitrogen and oxygen atoms in total. The molecule has 1 amide bonds. The summed E-state index contributed by atoms with van der Waals surface area (Å²) in [5, 5.41) is 2.96. The molecule has 2 aliphatic heterocycles. The van der Waals surface area contributed by atoms with E-state index in [1.165, 1.54) is 19.3 Å². The van der Waals surface area contributed by atoms with Gasteiger partial charge < -0.3 is 19.9 Å². The number of hydrogen-bond donors (Lipinski definition) is 1. The first-order valence-corrected chi connectivity index (χ1v) is 9.22. The summed E-state index contributed by atoms with van der Waals surface area (Å²) in [4.78, 5) is 25.3. The van der Waals surface area contributed by atoms with E-state index in [1.54, 1.807) is 6.33 Å². The highest BCUT2D eigenvalue weighted by Crippen LogP contribution is 2.23. The molecule has 138 valence electrons. The molecule has 0 unspecified atom stereocenters. The number of hydrogen-bond acceptors (Lipinski definition) is 6. The molecule has 2 fully saturated rings. The third-order valence-electron chi connectivity index (χ3n) is 4.55. The molecule has 0 aromatic carbocycles. The van der Waals surface area contributed by atoms with Gasteiger partial charge in [0.15, 0.2) is 0 Å². The van der Waals surface area contributed by atoms with Crippen LogP contribution in [0.1, 0.15) is 46.5 Å². The number of alkyl carbamates (subject to hydrolysis) is 1. The van der Waals surface area contributed by atoms with Gasteiger partial charge in [0.2, 0.25) is 0 Å². The van der Waals surface area contributed by atoms with Gasteiger partial charge in [-0.1, -0.05) is 0 Å². The fraction of sp³-hybridized carbons (Fsp3) is 0.722. The van der Waals surface area contributed by atoms with Crippen LogP contribution in [0.15, 0.2) is 12.4 Å². The Morgan fingerprint density at radius 3 is 2.48 bits per heavy atom. The number of carbonyl (C=O) groups excluding carboxylic acids is 1. The minimum Gasteiger partial charge on any atom is -0.444 e. The lowest BCUT2D eigenvalue weighted by Gasteiger charge is -2.28. The maximum atomic E-state index is 11.9. The van der Waals surface area contributed by atoms with E-state index in [0.717, 1.165) is 44.2 Å². The van der Waals surface area contributed by atoms with E-state index in [4.69, 9.17) is 4.74 Å². The first-order chi connectivity index (χ1) is 11.9. The SMILES string of the molecule is CC(C)(C)OC(=O)N[C@H]1CCN(c2cc(N3CCCCC3)ncn2)C1. The van der Waals surface area contributed by atoms with Crippen LogP contribution in [0.2, 0.25) is 0 Å². The first kappa shape index (κ1) is 17.8. The van der Waals surface area contributed by atoms with Crippen molar-refractivity contribution >= 4 is 17.7 Å². The lowest BCUT2D eigenvalue weighted by molar-refractivity contribution is 0.0509. The van der Waals surface area contributed by atoms with Gasteiger partial charge in [-0.2, -0.15) is 0 Å². The maximum Gasteiger partial charge on any atom is 0.407 e. The highest BCUT2D eigenvalue weighted by Gasteiger charge is 2.27. The molecular formula is C18H29N5O2. The molecule has 0 spiro atoms. The average Bonchev–Trinajstić information content (AvgIpc) is 3.02. The largest absolute Gasteiger partial charge is 0.444 e. The molecule has 0 saturated carbocycles. The molecule has 2 aliphatic rings. The fourth-order valence-corrected chi connectivity index (χ4v) is 3.37. The van der Waals surface area contributed by atoms with Gasteiger partial charge in [0.05, 0.1) is 6.04 Å². The number of piperidine rings is 1. The fourth-order valence-electron chi connectivity index (χ4n) is 3.37. The summed E-state index contributed by atoms with van der Waals surface area (Å²) in [6.45, 7) is 9.37. The van der Waals surface area contributed by atoms with Crippen LogP contribution < -0.4 is 15.1 Å². The van der Waals surface area contributed by atoms with Crippen molar-refractivity contribution in [2.24, 2.45) is 0 Å². The van der Waals surface area contributed by atoms with Crippen LogP contribution in [-0.2, 0) is 4.74 Å². The lowest BCUT2D eigenvalue weighted by Crippen LogP contribution is -2.40. The zero-order valence-corrected chi connectivity index (χ0v) is 15.5. The minimum atomic E-state index is -0.474. The van der Waals surface area contributed by atoms with Crippen LogP contribution in [0.25, 0.3) is 0 Å². The standard InChI is InChI=1S/C18H29N5O2/c1-18(2,3)25-17(24)21-14-7-10-23(12-14)16-11-15(19-13-20-16)22-8-5-4-6-9-22/h11,13-14H,4-10,12H2,1-3H3,(H,21,24)/t14-/m0/s1. The summed E-state index contributed by atoms with van der Waals surface area (Å²) >= 11 is 0. The van der Waals surface area contributed by atoms with Crippen LogP contribution in [0, 0.1) is 0 Å². The Balaban J connectivity index is 1.57.